The molecule has 4 aromatic heterocycles. The molecule has 1 fully saturated rings. The van der Waals surface area contributed by atoms with Gasteiger partial charge in [0, 0.05) is 79.4 Å². The number of benzene rings is 2. The van der Waals surface area contributed by atoms with Crippen molar-refractivity contribution >= 4 is 51.7 Å². The van der Waals surface area contributed by atoms with Gasteiger partial charge in [-0.2, -0.15) is 5.10 Å². The summed E-state index contributed by atoms with van der Waals surface area (Å²) in [6, 6.07) is 15.6. The van der Waals surface area contributed by atoms with E-state index in [1.165, 1.54) is 11.6 Å². The molecule has 5 heterocycles. The molecule has 0 spiro atoms. The number of halogens is 2. The molecule has 6 aromatic rings. The van der Waals surface area contributed by atoms with Gasteiger partial charge in [-0.1, -0.05) is 47.5 Å². The van der Waals surface area contributed by atoms with Crippen LogP contribution in [0.5, 0.6) is 0 Å². The highest BCUT2D eigenvalue weighted by Gasteiger charge is 2.32. The van der Waals surface area contributed by atoms with Gasteiger partial charge in [0.2, 0.25) is 0 Å². The summed E-state index contributed by atoms with van der Waals surface area (Å²) >= 11 is 13.7. The monoisotopic (exact) mass is 777 g/mol. The van der Waals surface area contributed by atoms with Crippen molar-refractivity contribution in [2.45, 2.75) is 59.9 Å². The lowest BCUT2D eigenvalue weighted by atomic mass is 9.96. The number of hydrogen-bond donors (Lipinski definition) is 1. The number of piperazine rings is 1. The molecule has 0 bridgehead atoms. The van der Waals surface area contributed by atoms with Crippen LogP contribution in [0.2, 0.25) is 10.0 Å². The minimum Gasteiger partial charge on any atom is -0.477 e. The maximum atomic E-state index is 15.1. The first-order chi connectivity index (χ1) is 26.4. The summed E-state index contributed by atoms with van der Waals surface area (Å²) in [4.78, 5) is 39.1. The predicted molar refractivity (Wildman–Crippen MR) is 219 cm³/mol. The Morgan fingerprint density at radius 2 is 1.58 bits per heavy atom. The number of unbranched alkanes of at least 4 members (excludes halogenated alkanes) is 1. The van der Waals surface area contributed by atoms with Crippen LogP contribution in [0.3, 0.4) is 0 Å². The van der Waals surface area contributed by atoms with E-state index in [4.69, 9.17) is 28.3 Å². The van der Waals surface area contributed by atoms with E-state index < -0.39 is 5.97 Å². The Labute approximate surface area is 331 Å². The number of carbonyl (C=O) groups is 2. The lowest BCUT2D eigenvalue weighted by Crippen LogP contribution is -2.49. The number of carboxylic acid groups (broad SMARTS) is 1. The average molecular weight is 779 g/mol. The minimum atomic E-state index is -1.06. The van der Waals surface area contributed by atoms with E-state index in [0.717, 1.165) is 85.6 Å². The molecule has 1 N–H and O–H groups in total. The maximum absolute atomic E-state index is 15.1. The number of fused-ring (bicyclic) bond motifs is 1. The fraction of sp³-hybridized carbons (Fsp3) is 0.326. The molecule has 12 heteroatoms. The van der Waals surface area contributed by atoms with Gasteiger partial charge in [-0.25, -0.2) is 9.78 Å². The van der Waals surface area contributed by atoms with E-state index in [0.29, 0.717) is 49.9 Å². The number of carbonyl (C=O) groups excluding carboxylic acids is 1. The summed E-state index contributed by atoms with van der Waals surface area (Å²) in [5.74, 6) is -1.09. The third kappa shape index (κ3) is 7.58. The van der Waals surface area contributed by atoms with Crippen molar-refractivity contribution in [3.05, 3.63) is 128 Å². The number of rotatable bonds is 11. The molecule has 0 atom stereocenters. The third-order valence-electron chi connectivity index (χ3n) is 10.8. The highest BCUT2D eigenvalue weighted by molar-refractivity contribution is 6.35. The van der Waals surface area contributed by atoms with Crippen LogP contribution >= 0.6 is 23.2 Å². The number of aromatic nitrogens is 5. The molecule has 284 valence electrons. The molecule has 2 aromatic carbocycles. The maximum Gasteiger partial charge on any atom is 0.354 e. The quantitative estimate of drug-likeness (QED) is 0.131. The number of pyridine rings is 2. The second-order valence-corrected chi connectivity index (χ2v) is 15.3. The molecular weight excluding hydrogens is 733 g/mol. The SMILES string of the molecule is Cc1cc(CCCCc2c(C(=O)N3CCN(c4ccc(C(=O)O)nc4)CC3)n(Cc3cccnc3)c3c(-c4c(C)nn(C)c4C)c(Cl)ccc23)cc(C)c1Cl. The molecule has 1 saturated heterocycles. The standard InChI is InChI=1S/C43H45Cl2N7O3/c1-26-21-30(22-27(2)39(26)45)9-6-7-11-33-34-13-14-35(44)38(37-28(3)48-49(5)29(37)4)40(34)52(25-31-10-8-16-46-23-31)41(33)42(53)51-19-17-50(18-20-51)32-12-15-36(43(54)55)47-24-32/h8,10,12-16,21-24H,6-7,9,11,17-20,25H2,1-5H3,(H,54,55). The van der Waals surface area contributed by atoms with Crippen LogP contribution < -0.4 is 4.90 Å². The zero-order valence-electron chi connectivity index (χ0n) is 31.9. The van der Waals surface area contributed by atoms with E-state index >= 15 is 4.79 Å². The Kier molecular flexibility index (Phi) is 11.0. The van der Waals surface area contributed by atoms with Gasteiger partial charge < -0.3 is 19.5 Å². The molecular formula is C43H45Cl2N7O3. The van der Waals surface area contributed by atoms with E-state index in [9.17, 15) is 9.90 Å². The lowest BCUT2D eigenvalue weighted by Gasteiger charge is -2.36. The van der Waals surface area contributed by atoms with Gasteiger partial charge in [0.05, 0.1) is 28.1 Å². The number of aryl methyl sites for hydroxylation is 6. The van der Waals surface area contributed by atoms with Crippen LogP contribution in [0.15, 0.2) is 67.1 Å². The van der Waals surface area contributed by atoms with Crippen LogP contribution in [0.25, 0.3) is 22.0 Å². The van der Waals surface area contributed by atoms with Crippen LogP contribution in [-0.2, 0) is 26.4 Å². The molecule has 0 saturated carbocycles. The predicted octanol–water partition coefficient (Wildman–Crippen LogP) is 8.65. The van der Waals surface area contributed by atoms with E-state index in [1.807, 2.05) is 61.8 Å². The van der Waals surface area contributed by atoms with Gasteiger partial charge in [-0.05, 0) is 105 Å². The Hall–Kier alpha value is -5.19. The summed E-state index contributed by atoms with van der Waals surface area (Å²) in [6.45, 7) is 10.8. The largest absolute Gasteiger partial charge is 0.477 e. The third-order valence-corrected chi connectivity index (χ3v) is 11.8. The Morgan fingerprint density at radius 3 is 2.20 bits per heavy atom. The van der Waals surface area contributed by atoms with Crippen molar-refractivity contribution in [2.75, 3.05) is 31.1 Å². The number of carboxylic acids is 1. The van der Waals surface area contributed by atoms with Gasteiger partial charge in [0.15, 0.2) is 0 Å². The number of nitrogens with zero attached hydrogens (tertiary/aromatic N) is 7. The second kappa shape index (κ2) is 15.9. The fourth-order valence-corrected chi connectivity index (χ4v) is 8.38. The van der Waals surface area contributed by atoms with Crippen molar-refractivity contribution in [3.8, 4) is 11.1 Å². The highest BCUT2D eigenvalue weighted by atomic mass is 35.5. The van der Waals surface area contributed by atoms with Crippen molar-refractivity contribution in [1.29, 1.82) is 0 Å². The van der Waals surface area contributed by atoms with Gasteiger partial charge in [0.25, 0.3) is 5.91 Å². The number of amides is 1. The molecule has 0 aliphatic carbocycles. The average Bonchev–Trinajstić information content (AvgIpc) is 3.62. The molecule has 1 amide bonds. The summed E-state index contributed by atoms with van der Waals surface area (Å²) in [7, 11) is 1.94. The first kappa shape index (κ1) is 38.1. The number of aromatic carboxylic acids is 1. The van der Waals surface area contributed by atoms with Crippen molar-refractivity contribution < 1.29 is 14.7 Å². The number of hydrogen-bond acceptors (Lipinski definition) is 6. The normalized spacial score (nSPS) is 13.2. The lowest BCUT2D eigenvalue weighted by molar-refractivity contribution is 0.0688. The summed E-state index contributed by atoms with van der Waals surface area (Å²) in [6.07, 6.45) is 8.63. The van der Waals surface area contributed by atoms with Crippen LogP contribution in [0.4, 0.5) is 5.69 Å². The summed E-state index contributed by atoms with van der Waals surface area (Å²) in [5.41, 5.74) is 11.5. The van der Waals surface area contributed by atoms with Gasteiger partial charge in [0.1, 0.15) is 11.4 Å². The minimum absolute atomic E-state index is 0.000995. The molecule has 7 rings (SSSR count). The molecule has 1 aliphatic rings. The van der Waals surface area contributed by atoms with Gasteiger partial charge in [-0.3, -0.25) is 14.5 Å². The van der Waals surface area contributed by atoms with Gasteiger partial charge >= 0.3 is 5.97 Å². The van der Waals surface area contributed by atoms with Crippen LogP contribution in [-0.4, -0.2) is 72.4 Å². The first-order valence-corrected chi connectivity index (χ1v) is 19.4. The molecule has 10 nitrogen and oxygen atoms in total. The molecule has 1 aliphatic heterocycles. The van der Waals surface area contributed by atoms with E-state index in [-0.39, 0.29) is 11.6 Å². The summed E-state index contributed by atoms with van der Waals surface area (Å²) < 4.78 is 4.05. The molecule has 0 unspecified atom stereocenters. The van der Waals surface area contributed by atoms with Crippen molar-refractivity contribution in [2.24, 2.45) is 7.05 Å². The number of anilines is 1. The fourth-order valence-electron chi connectivity index (χ4n) is 8.02. The van der Waals surface area contributed by atoms with Crippen molar-refractivity contribution in [1.82, 2.24) is 29.2 Å². The molecule has 0 radical (unpaired) electrons. The van der Waals surface area contributed by atoms with E-state index in [1.54, 1.807) is 18.5 Å². The zero-order chi connectivity index (χ0) is 39.0. The Balaban J connectivity index is 1.31. The molecule has 55 heavy (non-hydrogen) atoms. The van der Waals surface area contributed by atoms with Crippen LogP contribution in [0.1, 0.15) is 73.0 Å². The zero-order valence-corrected chi connectivity index (χ0v) is 33.4. The Morgan fingerprint density at radius 1 is 0.855 bits per heavy atom. The second-order valence-electron chi connectivity index (χ2n) is 14.5. The highest BCUT2D eigenvalue weighted by Crippen LogP contribution is 2.43. The first-order valence-electron chi connectivity index (χ1n) is 18.6. The van der Waals surface area contributed by atoms with Crippen LogP contribution in [0, 0.1) is 27.7 Å². The van der Waals surface area contributed by atoms with Crippen molar-refractivity contribution in [3.63, 3.8) is 0 Å². The van der Waals surface area contributed by atoms with Gasteiger partial charge in [-0.15, -0.1) is 0 Å². The smallest absolute Gasteiger partial charge is 0.354 e. The Bertz CT molecular complexity index is 2370. The topological polar surface area (TPSA) is 109 Å². The van der Waals surface area contributed by atoms with E-state index in [2.05, 4.69) is 44.6 Å². The summed E-state index contributed by atoms with van der Waals surface area (Å²) in [5, 5.41) is 16.5.